The minimum atomic E-state index is -0.688. The van der Waals surface area contributed by atoms with Crippen LogP contribution in [0.4, 0.5) is 0 Å². The average molecular weight is 214 g/mol. The molecule has 0 radical (unpaired) electrons. The second-order valence-electron chi connectivity index (χ2n) is 4.92. The molecule has 1 fully saturated rings. The molecule has 1 amide bonds. The van der Waals surface area contributed by atoms with Crippen molar-refractivity contribution in [3.05, 3.63) is 0 Å². The third kappa shape index (κ3) is 3.47. The molecule has 1 rings (SSSR count). The molecule has 1 unspecified atom stereocenters. The zero-order valence-corrected chi connectivity index (χ0v) is 9.62. The third-order valence-corrected chi connectivity index (χ3v) is 3.15. The first-order valence-corrected chi connectivity index (χ1v) is 5.70. The molecule has 0 heterocycles. The Labute approximate surface area is 91.2 Å². The first kappa shape index (κ1) is 12.5. The van der Waals surface area contributed by atoms with Crippen LogP contribution in [0.3, 0.4) is 0 Å². The van der Waals surface area contributed by atoms with E-state index < -0.39 is 11.6 Å². The second-order valence-corrected chi connectivity index (χ2v) is 4.92. The van der Waals surface area contributed by atoms with Crippen LogP contribution in [0.1, 0.15) is 39.5 Å². The summed E-state index contributed by atoms with van der Waals surface area (Å²) in [5.74, 6) is -0.0338. The number of hydrogen-bond donors (Lipinski definition) is 3. The third-order valence-electron chi connectivity index (χ3n) is 3.15. The molecule has 1 aliphatic carbocycles. The van der Waals surface area contributed by atoms with E-state index in [1.165, 1.54) is 0 Å². The Morgan fingerprint density at radius 2 is 2.00 bits per heavy atom. The summed E-state index contributed by atoms with van der Waals surface area (Å²) >= 11 is 0. The number of rotatable bonds is 4. The van der Waals surface area contributed by atoms with Crippen LogP contribution in [-0.2, 0) is 4.79 Å². The van der Waals surface area contributed by atoms with Crippen LogP contribution >= 0.6 is 0 Å². The lowest BCUT2D eigenvalue weighted by Crippen LogP contribution is -2.49. The van der Waals surface area contributed by atoms with Gasteiger partial charge in [-0.15, -0.1) is 0 Å². The molecule has 0 aromatic carbocycles. The molecule has 0 saturated heterocycles. The van der Waals surface area contributed by atoms with Crippen molar-refractivity contribution in [1.29, 1.82) is 0 Å². The van der Waals surface area contributed by atoms with E-state index in [1.807, 2.05) is 13.8 Å². The minimum absolute atomic E-state index is 0.128. The average Bonchev–Trinajstić information content (AvgIpc) is 2.61. The predicted octanol–water partition coefficient (Wildman–Crippen LogP) is 0.391. The fourth-order valence-electron chi connectivity index (χ4n) is 1.88. The highest BCUT2D eigenvalue weighted by Crippen LogP contribution is 2.28. The van der Waals surface area contributed by atoms with Gasteiger partial charge in [-0.1, -0.05) is 26.7 Å². The van der Waals surface area contributed by atoms with Gasteiger partial charge in [-0.25, -0.2) is 0 Å². The molecule has 4 heteroatoms. The van der Waals surface area contributed by atoms with Crippen LogP contribution < -0.4 is 11.1 Å². The zero-order valence-electron chi connectivity index (χ0n) is 9.62. The standard InChI is InChI=1S/C11H22N2O2/c1-8(2)9(12)10(14)13-7-11(15)5-3-4-6-11/h8-9,15H,3-7,12H2,1-2H3,(H,13,14). The topological polar surface area (TPSA) is 75.4 Å². The highest BCUT2D eigenvalue weighted by atomic mass is 16.3. The molecule has 0 spiro atoms. The van der Waals surface area contributed by atoms with E-state index in [4.69, 9.17) is 5.73 Å². The molecule has 4 N–H and O–H groups in total. The highest BCUT2D eigenvalue weighted by Gasteiger charge is 2.32. The SMILES string of the molecule is CC(C)C(N)C(=O)NCC1(O)CCCC1. The van der Waals surface area contributed by atoms with Crippen LogP contribution in [0.15, 0.2) is 0 Å². The van der Waals surface area contributed by atoms with Gasteiger partial charge in [-0.3, -0.25) is 4.79 Å². The van der Waals surface area contributed by atoms with Crippen molar-refractivity contribution in [2.45, 2.75) is 51.2 Å². The number of carbonyl (C=O) groups excluding carboxylic acids is 1. The van der Waals surface area contributed by atoms with Crippen molar-refractivity contribution in [3.8, 4) is 0 Å². The van der Waals surface area contributed by atoms with Gasteiger partial charge in [0, 0.05) is 6.54 Å². The van der Waals surface area contributed by atoms with E-state index in [0.29, 0.717) is 6.54 Å². The first-order chi connectivity index (χ1) is 6.94. The zero-order chi connectivity index (χ0) is 11.5. The summed E-state index contributed by atoms with van der Waals surface area (Å²) in [7, 11) is 0. The van der Waals surface area contributed by atoms with Crippen LogP contribution in [-0.4, -0.2) is 29.2 Å². The van der Waals surface area contributed by atoms with Crippen LogP contribution in [0.25, 0.3) is 0 Å². The fourth-order valence-corrected chi connectivity index (χ4v) is 1.88. The number of nitrogens with one attached hydrogen (secondary N) is 1. The maximum absolute atomic E-state index is 11.5. The molecule has 0 aromatic rings. The lowest BCUT2D eigenvalue weighted by atomic mass is 10.0. The molecule has 1 aliphatic rings. The molecule has 4 nitrogen and oxygen atoms in total. The summed E-state index contributed by atoms with van der Waals surface area (Å²) in [6, 6.07) is -0.477. The van der Waals surface area contributed by atoms with Gasteiger partial charge in [0.15, 0.2) is 0 Å². The van der Waals surface area contributed by atoms with Crippen LogP contribution in [0.2, 0.25) is 0 Å². The van der Waals surface area contributed by atoms with Gasteiger partial charge in [0.1, 0.15) is 0 Å². The highest BCUT2D eigenvalue weighted by molar-refractivity contribution is 5.81. The van der Waals surface area contributed by atoms with E-state index >= 15 is 0 Å². The number of amides is 1. The lowest BCUT2D eigenvalue weighted by Gasteiger charge is -2.24. The molecule has 88 valence electrons. The van der Waals surface area contributed by atoms with Crippen molar-refractivity contribution in [2.24, 2.45) is 11.7 Å². The van der Waals surface area contributed by atoms with E-state index in [0.717, 1.165) is 25.7 Å². The van der Waals surface area contributed by atoms with Crippen molar-refractivity contribution in [1.82, 2.24) is 5.32 Å². The van der Waals surface area contributed by atoms with Crippen LogP contribution in [0, 0.1) is 5.92 Å². The van der Waals surface area contributed by atoms with Gasteiger partial charge >= 0.3 is 0 Å². The van der Waals surface area contributed by atoms with E-state index in [1.54, 1.807) is 0 Å². The quantitative estimate of drug-likeness (QED) is 0.633. The van der Waals surface area contributed by atoms with E-state index in [-0.39, 0.29) is 11.8 Å². The van der Waals surface area contributed by atoms with Crippen molar-refractivity contribution in [3.63, 3.8) is 0 Å². The molecule has 0 bridgehead atoms. The predicted molar refractivity (Wildman–Crippen MR) is 59.2 cm³/mol. The Morgan fingerprint density at radius 1 is 1.47 bits per heavy atom. The van der Waals surface area contributed by atoms with Gasteiger partial charge in [0.25, 0.3) is 0 Å². The maximum atomic E-state index is 11.5. The van der Waals surface area contributed by atoms with Crippen molar-refractivity contribution in [2.75, 3.05) is 6.54 Å². The fraction of sp³-hybridized carbons (Fsp3) is 0.909. The van der Waals surface area contributed by atoms with Gasteiger partial charge in [-0.2, -0.15) is 0 Å². The Hall–Kier alpha value is -0.610. The summed E-state index contributed by atoms with van der Waals surface area (Å²) < 4.78 is 0. The number of aliphatic hydroxyl groups is 1. The maximum Gasteiger partial charge on any atom is 0.237 e. The molecule has 15 heavy (non-hydrogen) atoms. The molecule has 1 atom stereocenters. The number of hydrogen-bond acceptors (Lipinski definition) is 3. The molecular formula is C11H22N2O2. The Bertz CT molecular complexity index is 223. The summed E-state index contributed by atoms with van der Waals surface area (Å²) in [4.78, 5) is 11.5. The number of carbonyl (C=O) groups is 1. The van der Waals surface area contributed by atoms with Gasteiger partial charge in [-0.05, 0) is 18.8 Å². The second kappa shape index (κ2) is 4.94. The molecular weight excluding hydrogens is 192 g/mol. The largest absolute Gasteiger partial charge is 0.388 e. The lowest BCUT2D eigenvalue weighted by molar-refractivity contribution is -0.124. The molecule has 1 saturated carbocycles. The molecule has 0 aromatic heterocycles. The Kier molecular flexibility index (Phi) is 4.11. The monoisotopic (exact) mass is 214 g/mol. The van der Waals surface area contributed by atoms with Crippen molar-refractivity contribution < 1.29 is 9.90 Å². The molecule has 0 aliphatic heterocycles. The van der Waals surface area contributed by atoms with E-state index in [9.17, 15) is 9.90 Å². The van der Waals surface area contributed by atoms with E-state index in [2.05, 4.69) is 5.32 Å². The summed E-state index contributed by atoms with van der Waals surface area (Å²) in [6.07, 6.45) is 3.65. The van der Waals surface area contributed by atoms with Gasteiger partial charge in [0.2, 0.25) is 5.91 Å². The van der Waals surface area contributed by atoms with Gasteiger partial charge < -0.3 is 16.2 Å². The smallest absolute Gasteiger partial charge is 0.237 e. The Morgan fingerprint density at radius 3 is 2.47 bits per heavy atom. The summed E-state index contributed by atoms with van der Waals surface area (Å²) in [6.45, 7) is 4.16. The van der Waals surface area contributed by atoms with Crippen molar-refractivity contribution >= 4 is 5.91 Å². The normalized spacial score (nSPS) is 21.7. The van der Waals surface area contributed by atoms with Gasteiger partial charge in [0.05, 0.1) is 11.6 Å². The summed E-state index contributed by atoms with van der Waals surface area (Å²) in [5, 5.41) is 12.7. The Balaban J connectivity index is 2.33. The minimum Gasteiger partial charge on any atom is -0.388 e. The van der Waals surface area contributed by atoms with Crippen LogP contribution in [0.5, 0.6) is 0 Å². The summed E-state index contributed by atoms with van der Waals surface area (Å²) in [5.41, 5.74) is 5.01. The first-order valence-electron chi connectivity index (χ1n) is 5.70. The number of nitrogens with two attached hydrogens (primary N) is 1.